The zero-order valence-corrected chi connectivity index (χ0v) is 13.8. The number of methoxy groups -OCH3 is 1. The average molecular weight is 317 g/mol. The van der Waals surface area contributed by atoms with E-state index in [1.54, 1.807) is 12.1 Å². The van der Waals surface area contributed by atoms with Crippen LogP contribution in [0.2, 0.25) is 0 Å². The fraction of sp³-hybridized carbons (Fsp3) is 0.444. The van der Waals surface area contributed by atoms with E-state index in [0.717, 1.165) is 5.56 Å². The fourth-order valence-electron chi connectivity index (χ4n) is 1.84. The van der Waals surface area contributed by atoms with E-state index in [9.17, 15) is 14.7 Å². The maximum atomic E-state index is 11.7. The van der Waals surface area contributed by atoms with Crippen LogP contribution in [0.4, 0.5) is 0 Å². The van der Waals surface area contributed by atoms with Crippen LogP contribution in [0.25, 0.3) is 0 Å². The summed E-state index contributed by atoms with van der Waals surface area (Å²) in [6.07, 6.45) is 1.39. The third-order valence-electron chi connectivity index (χ3n) is 3.05. The molecule has 0 fully saturated rings. The van der Waals surface area contributed by atoms with Crippen LogP contribution in [0.5, 0.6) is 11.5 Å². The van der Waals surface area contributed by atoms with Crippen LogP contribution in [0.3, 0.4) is 0 Å². The van der Waals surface area contributed by atoms with Gasteiger partial charge < -0.3 is 15.2 Å². The quantitative estimate of drug-likeness (QED) is 0.460. The van der Waals surface area contributed by atoms with Gasteiger partial charge in [0.15, 0.2) is 11.5 Å². The monoisotopic (exact) mass is 317 g/mol. The number of phenolic OH excluding ortho intramolecular Hbond substituents is 1. The number of aromatic hydroxyl groups is 1. The molecule has 0 unspecified atom stereocenters. The van der Waals surface area contributed by atoms with E-state index in [4.69, 9.17) is 4.74 Å². The Morgan fingerprint density at radius 3 is 2.74 bits per heavy atom. The van der Waals surface area contributed by atoms with Gasteiger partial charge in [0.25, 0.3) is 5.91 Å². The van der Waals surface area contributed by atoms with Gasteiger partial charge in [-0.1, -0.05) is 19.9 Å². The Labute approximate surface area is 137 Å². The summed E-state index contributed by atoms with van der Waals surface area (Å²) in [5.74, 6) is 5.62. The summed E-state index contributed by atoms with van der Waals surface area (Å²) in [6.45, 7) is 4.21. The molecule has 5 nitrogen and oxygen atoms in total. The first-order chi connectivity index (χ1) is 10.9. The number of ether oxygens (including phenoxy) is 1. The van der Waals surface area contributed by atoms with E-state index in [2.05, 4.69) is 17.2 Å². The van der Waals surface area contributed by atoms with E-state index in [0.29, 0.717) is 24.5 Å². The maximum Gasteiger partial charge on any atom is 0.287 e. The zero-order chi connectivity index (χ0) is 17.2. The van der Waals surface area contributed by atoms with Gasteiger partial charge in [-0.25, -0.2) is 0 Å². The Balaban J connectivity index is 2.38. The van der Waals surface area contributed by atoms with E-state index in [-0.39, 0.29) is 18.7 Å². The highest BCUT2D eigenvalue weighted by Crippen LogP contribution is 2.26. The lowest BCUT2D eigenvalue weighted by Crippen LogP contribution is -2.30. The van der Waals surface area contributed by atoms with Gasteiger partial charge in [0.2, 0.25) is 5.78 Å². The lowest BCUT2D eigenvalue weighted by atomic mass is 10.1. The van der Waals surface area contributed by atoms with Crippen molar-refractivity contribution in [3.05, 3.63) is 23.8 Å². The van der Waals surface area contributed by atoms with Gasteiger partial charge in [-0.2, -0.15) is 0 Å². The highest BCUT2D eigenvalue weighted by Gasteiger charge is 2.12. The average Bonchev–Trinajstić information content (AvgIpc) is 2.52. The Kier molecular flexibility index (Phi) is 7.69. The minimum atomic E-state index is -0.603. The van der Waals surface area contributed by atoms with Crippen LogP contribution in [0.15, 0.2) is 18.2 Å². The van der Waals surface area contributed by atoms with Gasteiger partial charge in [-0.15, -0.1) is 11.8 Å². The molecule has 0 saturated heterocycles. The highest BCUT2D eigenvalue weighted by molar-refractivity contribution is 6.36. The second kappa shape index (κ2) is 9.52. The van der Waals surface area contributed by atoms with Gasteiger partial charge in [-0.05, 0) is 24.1 Å². The predicted molar refractivity (Wildman–Crippen MR) is 88.0 cm³/mol. The van der Waals surface area contributed by atoms with Gasteiger partial charge in [0, 0.05) is 25.3 Å². The summed E-state index contributed by atoms with van der Waals surface area (Å²) >= 11 is 0. The summed E-state index contributed by atoms with van der Waals surface area (Å²) < 4.78 is 4.99. The third-order valence-corrected chi connectivity index (χ3v) is 3.05. The summed E-state index contributed by atoms with van der Waals surface area (Å²) in [5, 5.41) is 12.1. The molecule has 1 rings (SSSR count). The smallest absolute Gasteiger partial charge is 0.287 e. The number of Topliss-reactive ketones (excluding diaryl/α,β-unsaturated/α-hetero) is 1. The number of phenols is 1. The van der Waals surface area contributed by atoms with E-state index < -0.39 is 11.7 Å². The second-order valence-corrected chi connectivity index (χ2v) is 5.44. The number of ketones is 1. The van der Waals surface area contributed by atoms with Crippen LogP contribution >= 0.6 is 0 Å². The first kappa shape index (κ1) is 18.6. The SMILES string of the molecule is COc1cc(CNC(=O)C(=O)CCCC#CC(C)C)ccc1O. The topological polar surface area (TPSA) is 75.6 Å². The summed E-state index contributed by atoms with van der Waals surface area (Å²) in [6, 6.07) is 4.75. The number of unbranched alkanes of at least 4 members (excludes halogenated alkanes) is 1. The van der Waals surface area contributed by atoms with Crippen molar-refractivity contribution in [3.8, 4) is 23.3 Å². The van der Waals surface area contributed by atoms with Crippen LogP contribution in [-0.4, -0.2) is 23.9 Å². The summed E-state index contributed by atoms with van der Waals surface area (Å²) in [5.41, 5.74) is 0.739. The molecule has 0 aliphatic rings. The van der Waals surface area contributed by atoms with Crippen molar-refractivity contribution in [2.24, 2.45) is 5.92 Å². The molecule has 0 radical (unpaired) electrons. The first-order valence-electron chi connectivity index (χ1n) is 7.59. The molecule has 0 bridgehead atoms. The lowest BCUT2D eigenvalue weighted by molar-refractivity contribution is -0.138. The zero-order valence-electron chi connectivity index (χ0n) is 13.8. The Bertz CT molecular complexity index is 611. The van der Waals surface area contributed by atoms with Crippen LogP contribution in [0, 0.1) is 17.8 Å². The number of carbonyl (C=O) groups is 2. The van der Waals surface area contributed by atoms with E-state index in [1.165, 1.54) is 13.2 Å². The Hall–Kier alpha value is -2.48. The van der Waals surface area contributed by atoms with Crippen LogP contribution < -0.4 is 10.1 Å². The molecule has 1 aromatic rings. The number of amides is 1. The van der Waals surface area contributed by atoms with Crippen molar-refractivity contribution >= 4 is 11.7 Å². The highest BCUT2D eigenvalue weighted by atomic mass is 16.5. The van der Waals surface area contributed by atoms with Gasteiger partial charge in [0.1, 0.15) is 0 Å². The normalized spacial score (nSPS) is 9.91. The van der Waals surface area contributed by atoms with Crippen molar-refractivity contribution in [1.29, 1.82) is 0 Å². The molecule has 0 aliphatic carbocycles. The molecule has 0 atom stereocenters. The number of hydrogen-bond acceptors (Lipinski definition) is 4. The van der Waals surface area contributed by atoms with Crippen molar-refractivity contribution in [3.63, 3.8) is 0 Å². The standard InChI is InChI=1S/C18H23NO4/c1-13(2)7-5-4-6-8-16(21)18(22)19-12-14-9-10-15(20)17(11-14)23-3/h9-11,13,20H,4,6,8,12H2,1-3H3,(H,19,22). The molecule has 5 heteroatoms. The molecule has 0 spiro atoms. The number of carbonyl (C=O) groups excluding carboxylic acids is 2. The summed E-state index contributed by atoms with van der Waals surface area (Å²) in [7, 11) is 1.45. The van der Waals surface area contributed by atoms with Gasteiger partial charge >= 0.3 is 0 Å². The molecular formula is C18H23NO4. The summed E-state index contributed by atoms with van der Waals surface area (Å²) in [4.78, 5) is 23.4. The van der Waals surface area contributed by atoms with Crippen molar-refractivity contribution in [2.45, 2.75) is 39.7 Å². The lowest BCUT2D eigenvalue weighted by Gasteiger charge is -2.07. The molecule has 0 heterocycles. The molecule has 1 aromatic carbocycles. The third kappa shape index (κ3) is 6.88. The molecular weight excluding hydrogens is 294 g/mol. The second-order valence-electron chi connectivity index (χ2n) is 5.44. The molecule has 0 aliphatic heterocycles. The van der Waals surface area contributed by atoms with Gasteiger partial charge in [0.05, 0.1) is 7.11 Å². The molecule has 23 heavy (non-hydrogen) atoms. The minimum Gasteiger partial charge on any atom is -0.504 e. The number of benzene rings is 1. The molecule has 124 valence electrons. The minimum absolute atomic E-state index is 0.0289. The Morgan fingerprint density at radius 2 is 2.09 bits per heavy atom. The van der Waals surface area contributed by atoms with Crippen molar-refractivity contribution in [2.75, 3.05) is 7.11 Å². The van der Waals surface area contributed by atoms with Crippen LogP contribution in [0.1, 0.15) is 38.7 Å². The van der Waals surface area contributed by atoms with Crippen LogP contribution in [-0.2, 0) is 16.1 Å². The number of hydrogen-bond donors (Lipinski definition) is 2. The molecule has 1 amide bonds. The largest absolute Gasteiger partial charge is 0.504 e. The number of nitrogens with one attached hydrogen (secondary N) is 1. The van der Waals surface area contributed by atoms with Gasteiger partial charge in [-0.3, -0.25) is 9.59 Å². The van der Waals surface area contributed by atoms with Crippen molar-refractivity contribution in [1.82, 2.24) is 5.32 Å². The van der Waals surface area contributed by atoms with E-state index in [1.807, 2.05) is 13.8 Å². The Morgan fingerprint density at radius 1 is 1.35 bits per heavy atom. The molecule has 0 aromatic heterocycles. The number of rotatable bonds is 7. The maximum absolute atomic E-state index is 11.7. The van der Waals surface area contributed by atoms with Crippen molar-refractivity contribution < 1.29 is 19.4 Å². The van der Waals surface area contributed by atoms with E-state index >= 15 is 0 Å². The molecule has 2 N–H and O–H groups in total. The predicted octanol–water partition coefficient (Wildman–Crippen LogP) is 2.42. The molecule has 0 saturated carbocycles. The first-order valence-corrected chi connectivity index (χ1v) is 7.59. The fourth-order valence-corrected chi connectivity index (χ4v) is 1.84.